The molecule has 2 aliphatic rings. The molecular formula is C12H23NS. The zero-order chi connectivity index (χ0) is 9.64. The molecule has 0 spiro atoms. The van der Waals surface area contributed by atoms with Gasteiger partial charge in [0, 0.05) is 17.0 Å². The quantitative estimate of drug-likeness (QED) is 0.772. The molecule has 14 heavy (non-hydrogen) atoms. The molecule has 82 valence electrons. The Balaban J connectivity index is 1.60. The lowest BCUT2D eigenvalue weighted by atomic mass is 10.0. The third-order valence-electron chi connectivity index (χ3n) is 3.50. The van der Waals surface area contributed by atoms with E-state index in [0.29, 0.717) is 0 Å². The number of thioether (sulfide) groups is 1. The second-order valence-electron chi connectivity index (χ2n) is 4.74. The van der Waals surface area contributed by atoms with Crippen LogP contribution < -0.4 is 5.32 Å². The molecule has 0 aromatic carbocycles. The molecule has 1 atom stereocenters. The van der Waals surface area contributed by atoms with Gasteiger partial charge in [-0.1, -0.05) is 25.7 Å². The van der Waals surface area contributed by atoms with Gasteiger partial charge in [0.05, 0.1) is 0 Å². The summed E-state index contributed by atoms with van der Waals surface area (Å²) in [5.74, 6) is 1.37. The topological polar surface area (TPSA) is 12.0 Å². The maximum Gasteiger partial charge on any atom is 0.0158 e. The van der Waals surface area contributed by atoms with E-state index >= 15 is 0 Å². The van der Waals surface area contributed by atoms with E-state index in [-0.39, 0.29) is 0 Å². The lowest BCUT2D eigenvalue weighted by molar-refractivity contribution is 0.428. The predicted octanol–water partition coefficient (Wildman–Crippen LogP) is 3.19. The summed E-state index contributed by atoms with van der Waals surface area (Å²) in [6, 6.07) is 0.829. The van der Waals surface area contributed by atoms with Gasteiger partial charge in [0.25, 0.3) is 0 Å². The van der Waals surface area contributed by atoms with E-state index in [4.69, 9.17) is 0 Å². The van der Waals surface area contributed by atoms with Crippen LogP contribution in [0.25, 0.3) is 0 Å². The molecule has 0 aromatic rings. The average Bonchev–Trinajstić information content (AvgIpc) is 2.29. The monoisotopic (exact) mass is 213 g/mol. The standard InChI is InChI=1S/C12H23NS/c1-2-7-12(8-3-1)14-10-11-6-4-5-9-13-11/h11-13H,1-10H2. The van der Waals surface area contributed by atoms with Gasteiger partial charge >= 0.3 is 0 Å². The maximum absolute atomic E-state index is 3.64. The second-order valence-corrected chi connectivity index (χ2v) is 6.07. The molecule has 0 amide bonds. The molecule has 0 radical (unpaired) electrons. The van der Waals surface area contributed by atoms with Crippen molar-refractivity contribution in [2.24, 2.45) is 0 Å². The molecule has 1 aliphatic heterocycles. The summed E-state index contributed by atoms with van der Waals surface area (Å²) in [5.41, 5.74) is 0. The highest BCUT2D eigenvalue weighted by atomic mass is 32.2. The van der Waals surface area contributed by atoms with Crippen LogP contribution in [-0.2, 0) is 0 Å². The largest absolute Gasteiger partial charge is 0.313 e. The minimum atomic E-state index is 0.829. The first kappa shape index (κ1) is 10.8. The van der Waals surface area contributed by atoms with Crippen LogP contribution in [-0.4, -0.2) is 23.6 Å². The Morgan fingerprint density at radius 3 is 2.43 bits per heavy atom. The van der Waals surface area contributed by atoms with Crippen LogP contribution in [0.5, 0.6) is 0 Å². The van der Waals surface area contributed by atoms with Crippen molar-refractivity contribution in [3.8, 4) is 0 Å². The van der Waals surface area contributed by atoms with Crippen LogP contribution in [0.3, 0.4) is 0 Å². The van der Waals surface area contributed by atoms with Gasteiger partial charge in [-0.25, -0.2) is 0 Å². The SMILES string of the molecule is C1CCC(SCC2CCCCN2)CC1. The first-order valence-corrected chi connectivity index (χ1v) is 7.35. The lowest BCUT2D eigenvalue weighted by Gasteiger charge is -2.27. The molecule has 1 unspecified atom stereocenters. The van der Waals surface area contributed by atoms with Crippen molar-refractivity contribution < 1.29 is 0 Å². The molecule has 1 N–H and O–H groups in total. The van der Waals surface area contributed by atoms with Gasteiger partial charge in [0.15, 0.2) is 0 Å². The molecule has 2 rings (SSSR count). The smallest absolute Gasteiger partial charge is 0.0158 e. The summed E-state index contributed by atoms with van der Waals surface area (Å²) in [6.07, 6.45) is 11.7. The molecule has 1 aliphatic carbocycles. The van der Waals surface area contributed by atoms with E-state index in [2.05, 4.69) is 17.1 Å². The van der Waals surface area contributed by atoms with Gasteiger partial charge in [0.1, 0.15) is 0 Å². The molecular weight excluding hydrogens is 190 g/mol. The third kappa shape index (κ3) is 3.47. The van der Waals surface area contributed by atoms with Crippen molar-refractivity contribution >= 4 is 11.8 Å². The number of hydrogen-bond acceptors (Lipinski definition) is 2. The molecule has 0 aromatic heterocycles. The van der Waals surface area contributed by atoms with Crippen molar-refractivity contribution in [1.29, 1.82) is 0 Å². The van der Waals surface area contributed by atoms with E-state index in [9.17, 15) is 0 Å². The Morgan fingerprint density at radius 2 is 1.71 bits per heavy atom. The van der Waals surface area contributed by atoms with Gasteiger partial charge in [-0.3, -0.25) is 0 Å². The van der Waals surface area contributed by atoms with E-state index in [1.54, 1.807) is 0 Å². The summed E-state index contributed by atoms with van der Waals surface area (Å²) in [4.78, 5) is 0. The van der Waals surface area contributed by atoms with Crippen molar-refractivity contribution in [2.75, 3.05) is 12.3 Å². The summed E-state index contributed by atoms with van der Waals surface area (Å²) < 4.78 is 0. The molecule has 2 heteroatoms. The zero-order valence-electron chi connectivity index (χ0n) is 9.13. The van der Waals surface area contributed by atoms with Crippen molar-refractivity contribution in [3.63, 3.8) is 0 Å². The maximum atomic E-state index is 3.64. The number of piperidine rings is 1. The Hall–Kier alpha value is 0.310. The molecule has 0 bridgehead atoms. The number of nitrogens with one attached hydrogen (secondary N) is 1. The first-order valence-electron chi connectivity index (χ1n) is 6.30. The van der Waals surface area contributed by atoms with Gasteiger partial charge in [-0.2, -0.15) is 11.8 Å². The molecule has 1 saturated heterocycles. The van der Waals surface area contributed by atoms with Crippen molar-refractivity contribution in [1.82, 2.24) is 5.32 Å². The fourth-order valence-corrected chi connectivity index (χ4v) is 4.01. The van der Waals surface area contributed by atoms with Crippen molar-refractivity contribution in [2.45, 2.75) is 62.7 Å². The van der Waals surface area contributed by atoms with Crippen LogP contribution in [0.2, 0.25) is 0 Å². The van der Waals surface area contributed by atoms with E-state index in [0.717, 1.165) is 11.3 Å². The predicted molar refractivity (Wildman–Crippen MR) is 65.0 cm³/mol. The average molecular weight is 213 g/mol. The number of hydrogen-bond donors (Lipinski definition) is 1. The van der Waals surface area contributed by atoms with Crippen LogP contribution in [0.15, 0.2) is 0 Å². The van der Waals surface area contributed by atoms with Gasteiger partial charge in [0.2, 0.25) is 0 Å². The Bertz CT molecular complexity index is 130. The van der Waals surface area contributed by atoms with E-state index in [1.807, 2.05) is 0 Å². The minimum absolute atomic E-state index is 0.829. The van der Waals surface area contributed by atoms with Crippen LogP contribution >= 0.6 is 11.8 Å². The van der Waals surface area contributed by atoms with Crippen LogP contribution in [0.1, 0.15) is 51.4 Å². The molecule has 1 nitrogen and oxygen atoms in total. The summed E-state index contributed by atoms with van der Waals surface area (Å²) in [7, 11) is 0. The van der Waals surface area contributed by atoms with E-state index in [1.165, 1.54) is 63.7 Å². The van der Waals surface area contributed by atoms with Crippen molar-refractivity contribution in [3.05, 3.63) is 0 Å². The molecule has 1 heterocycles. The van der Waals surface area contributed by atoms with Crippen LogP contribution in [0.4, 0.5) is 0 Å². The number of rotatable bonds is 3. The highest BCUT2D eigenvalue weighted by Crippen LogP contribution is 2.29. The Labute approximate surface area is 92.4 Å². The minimum Gasteiger partial charge on any atom is -0.313 e. The van der Waals surface area contributed by atoms with E-state index < -0.39 is 0 Å². The Kier molecular flexibility index (Phi) is 4.65. The highest BCUT2D eigenvalue weighted by molar-refractivity contribution is 7.99. The normalized spacial score (nSPS) is 30.4. The molecule has 1 saturated carbocycles. The summed E-state index contributed by atoms with van der Waals surface area (Å²) in [5, 5.41) is 4.63. The van der Waals surface area contributed by atoms with Gasteiger partial charge in [-0.05, 0) is 32.2 Å². The third-order valence-corrected chi connectivity index (χ3v) is 5.04. The van der Waals surface area contributed by atoms with Crippen LogP contribution in [0, 0.1) is 0 Å². The van der Waals surface area contributed by atoms with Gasteiger partial charge < -0.3 is 5.32 Å². The molecule has 2 fully saturated rings. The first-order chi connectivity index (χ1) is 6.95. The highest BCUT2D eigenvalue weighted by Gasteiger charge is 2.17. The zero-order valence-corrected chi connectivity index (χ0v) is 9.95. The summed E-state index contributed by atoms with van der Waals surface area (Å²) in [6.45, 7) is 1.26. The fraction of sp³-hybridized carbons (Fsp3) is 1.00. The summed E-state index contributed by atoms with van der Waals surface area (Å²) >= 11 is 2.24. The Morgan fingerprint density at radius 1 is 0.929 bits per heavy atom. The fourth-order valence-electron chi connectivity index (χ4n) is 2.55. The second kappa shape index (κ2) is 6.02. The lowest BCUT2D eigenvalue weighted by Crippen LogP contribution is -2.36. The van der Waals surface area contributed by atoms with Gasteiger partial charge in [-0.15, -0.1) is 0 Å².